The highest BCUT2D eigenvalue weighted by Gasteiger charge is 2.28. The zero-order valence-electron chi connectivity index (χ0n) is 17.4. The number of aromatic nitrogens is 3. The third-order valence-corrected chi connectivity index (χ3v) is 5.94. The zero-order chi connectivity index (χ0) is 19.7. The average Bonchev–Trinajstić information content (AvgIpc) is 3.23. The topological polar surface area (TPSA) is 34.0 Å². The molecule has 0 bridgehead atoms. The lowest BCUT2D eigenvalue weighted by molar-refractivity contribution is 0.243. The fourth-order valence-corrected chi connectivity index (χ4v) is 4.37. The van der Waals surface area contributed by atoms with Gasteiger partial charge in [0.1, 0.15) is 0 Å². The summed E-state index contributed by atoms with van der Waals surface area (Å²) in [5, 5.41) is 4.41. The van der Waals surface area contributed by atoms with Crippen LogP contribution in [-0.4, -0.2) is 26.2 Å². The average molecular weight is 375 g/mol. The third-order valence-electron chi connectivity index (χ3n) is 5.94. The van der Waals surface area contributed by atoms with Gasteiger partial charge in [-0.05, 0) is 69.8 Å². The van der Waals surface area contributed by atoms with Gasteiger partial charge in [-0.25, -0.2) is 0 Å². The van der Waals surface area contributed by atoms with Gasteiger partial charge >= 0.3 is 0 Å². The van der Waals surface area contributed by atoms with Crippen LogP contribution in [0.4, 0.5) is 0 Å². The molecule has 1 aliphatic heterocycles. The lowest BCUT2D eigenvalue weighted by Gasteiger charge is -2.24. The molecule has 1 saturated heterocycles. The monoisotopic (exact) mass is 374 g/mol. The Kier molecular flexibility index (Phi) is 5.31. The Morgan fingerprint density at radius 2 is 1.93 bits per heavy atom. The Hall–Kier alpha value is -2.46. The van der Waals surface area contributed by atoms with Gasteiger partial charge in [-0.15, -0.1) is 0 Å². The Morgan fingerprint density at radius 1 is 1.07 bits per heavy atom. The molecule has 4 nitrogen and oxygen atoms in total. The summed E-state index contributed by atoms with van der Waals surface area (Å²) in [6.07, 6.45) is 5.39. The smallest absolute Gasteiger partial charge is 0.0581 e. The van der Waals surface area contributed by atoms with Crippen molar-refractivity contribution in [1.29, 1.82) is 0 Å². The Bertz CT molecular complexity index is 972. The van der Waals surface area contributed by atoms with E-state index in [1.54, 1.807) is 0 Å². The van der Waals surface area contributed by atoms with Crippen LogP contribution < -0.4 is 0 Å². The van der Waals surface area contributed by atoms with Crippen molar-refractivity contribution in [2.45, 2.75) is 52.6 Å². The molecule has 4 rings (SSSR count). The van der Waals surface area contributed by atoms with Crippen molar-refractivity contribution < 1.29 is 0 Å². The number of aryl methyl sites for hydroxylation is 3. The minimum atomic E-state index is 0.399. The van der Waals surface area contributed by atoms with E-state index in [4.69, 9.17) is 4.98 Å². The van der Waals surface area contributed by atoms with Crippen LogP contribution in [0.25, 0.3) is 0 Å². The highest BCUT2D eigenvalue weighted by Crippen LogP contribution is 2.33. The molecule has 0 radical (unpaired) electrons. The van der Waals surface area contributed by atoms with Gasteiger partial charge in [-0.2, -0.15) is 5.10 Å². The highest BCUT2D eigenvalue weighted by atomic mass is 15.3. The van der Waals surface area contributed by atoms with Crippen molar-refractivity contribution in [3.8, 4) is 0 Å². The number of hydrogen-bond donors (Lipinski definition) is 0. The maximum atomic E-state index is 4.93. The number of rotatable bonds is 5. The van der Waals surface area contributed by atoms with E-state index in [1.807, 2.05) is 17.9 Å². The maximum absolute atomic E-state index is 4.93. The Balaban J connectivity index is 1.57. The second-order valence-electron chi connectivity index (χ2n) is 8.21. The number of likely N-dealkylation sites (tertiary alicyclic amines) is 1. The van der Waals surface area contributed by atoms with E-state index in [1.165, 1.54) is 46.5 Å². The summed E-state index contributed by atoms with van der Waals surface area (Å²) >= 11 is 0. The molecule has 1 aromatic carbocycles. The van der Waals surface area contributed by atoms with Crippen LogP contribution in [0, 0.1) is 20.8 Å². The molecule has 3 aromatic rings. The van der Waals surface area contributed by atoms with Gasteiger partial charge < -0.3 is 0 Å². The summed E-state index contributed by atoms with van der Waals surface area (Å²) in [6, 6.07) is 13.8. The molecule has 1 unspecified atom stereocenters. The molecule has 0 amide bonds. The van der Waals surface area contributed by atoms with Crippen LogP contribution >= 0.6 is 0 Å². The first-order valence-corrected chi connectivity index (χ1v) is 10.2. The SMILES string of the molecule is Cc1cccc(Cc2cc(C)nc(C3CCCN3Cc3cnn(C)c3C)c2)c1. The van der Waals surface area contributed by atoms with E-state index in [2.05, 4.69) is 67.2 Å². The molecule has 4 heteroatoms. The zero-order valence-corrected chi connectivity index (χ0v) is 17.4. The first kappa shape index (κ1) is 18.9. The van der Waals surface area contributed by atoms with Gasteiger partial charge in [-0.1, -0.05) is 29.8 Å². The second-order valence-corrected chi connectivity index (χ2v) is 8.21. The van der Waals surface area contributed by atoms with Crippen molar-refractivity contribution in [3.63, 3.8) is 0 Å². The molecule has 2 aromatic heterocycles. The molecule has 0 N–H and O–H groups in total. The van der Waals surface area contributed by atoms with E-state index >= 15 is 0 Å². The number of pyridine rings is 1. The van der Waals surface area contributed by atoms with E-state index in [-0.39, 0.29) is 0 Å². The van der Waals surface area contributed by atoms with Gasteiger partial charge in [-0.3, -0.25) is 14.6 Å². The summed E-state index contributed by atoms with van der Waals surface area (Å²) in [7, 11) is 2.01. The predicted molar refractivity (Wildman–Crippen MR) is 113 cm³/mol. The van der Waals surface area contributed by atoms with Crippen molar-refractivity contribution in [2.75, 3.05) is 6.54 Å². The molecule has 28 heavy (non-hydrogen) atoms. The summed E-state index contributed by atoms with van der Waals surface area (Å²) in [6.45, 7) is 8.50. The largest absolute Gasteiger partial charge is 0.290 e. The van der Waals surface area contributed by atoms with Crippen molar-refractivity contribution >= 4 is 0 Å². The molecule has 146 valence electrons. The van der Waals surface area contributed by atoms with Crippen LogP contribution in [0.2, 0.25) is 0 Å². The van der Waals surface area contributed by atoms with Crippen LogP contribution in [-0.2, 0) is 20.0 Å². The quantitative estimate of drug-likeness (QED) is 0.651. The molecule has 3 heterocycles. The first-order chi connectivity index (χ1) is 13.5. The number of hydrogen-bond acceptors (Lipinski definition) is 3. The summed E-state index contributed by atoms with van der Waals surface area (Å²) in [5.41, 5.74) is 8.96. The molecule has 0 saturated carbocycles. The molecule has 0 aliphatic carbocycles. The van der Waals surface area contributed by atoms with Gasteiger partial charge in [0.25, 0.3) is 0 Å². The van der Waals surface area contributed by atoms with Gasteiger partial charge in [0, 0.05) is 30.5 Å². The maximum Gasteiger partial charge on any atom is 0.0581 e. The Labute approximate surface area is 168 Å². The Morgan fingerprint density at radius 3 is 2.68 bits per heavy atom. The summed E-state index contributed by atoms with van der Waals surface area (Å²) < 4.78 is 1.96. The van der Waals surface area contributed by atoms with Crippen molar-refractivity contribution in [3.05, 3.63) is 81.9 Å². The van der Waals surface area contributed by atoms with Gasteiger partial charge in [0.15, 0.2) is 0 Å². The molecular formula is C24H30N4. The van der Waals surface area contributed by atoms with Crippen LogP contribution in [0.1, 0.15) is 58.2 Å². The normalized spacial score (nSPS) is 17.4. The lowest BCUT2D eigenvalue weighted by atomic mass is 10.0. The summed E-state index contributed by atoms with van der Waals surface area (Å²) in [5.74, 6) is 0. The fraction of sp³-hybridized carbons (Fsp3) is 0.417. The van der Waals surface area contributed by atoms with Crippen LogP contribution in [0.3, 0.4) is 0 Å². The number of nitrogens with zero attached hydrogens (tertiary/aromatic N) is 4. The van der Waals surface area contributed by atoms with E-state index in [9.17, 15) is 0 Å². The molecule has 1 fully saturated rings. The van der Waals surface area contributed by atoms with Gasteiger partial charge in [0.05, 0.1) is 17.9 Å². The highest BCUT2D eigenvalue weighted by molar-refractivity contribution is 5.32. The molecule has 1 atom stereocenters. The molecule has 0 spiro atoms. The van der Waals surface area contributed by atoms with Crippen LogP contribution in [0.15, 0.2) is 42.6 Å². The lowest BCUT2D eigenvalue weighted by Crippen LogP contribution is -2.24. The first-order valence-electron chi connectivity index (χ1n) is 10.2. The number of benzene rings is 1. The van der Waals surface area contributed by atoms with E-state index in [0.717, 1.165) is 25.2 Å². The van der Waals surface area contributed by atoms with Crippen LogP contribution in [0.5, 0.6) is 0 Å². The minimum Gasteiger partial charge on any atom is -0.290 e. The van der Waals surface area contributed by atoms with E-state index < -0.39 is 0 Å². The van der Waals surface area contributed by atoms with Gasteiger partial charge in [0.2, 0.25) is 0 Å². The van der Waals surface area contributed by atoms with E-state index in [0.29, 0.717) is 6.04 Å². The molecular weight excluding hydrogens is 344 g/mol. The third kappa shape index (κ3) is 4.02. The molecule has 1 aliphatic rings. The standard InChI is InChI=1S/C24H30N4/c1-17-7-5-8-20(11-17)13-21-12-18(2)26-23(14-21)24-9-6-10-28(24)16-22-15-25-27(4)19(22)3/h5,7-8,11-12,14-15,24H,6,9-10,13,16H2,1-4H3. The van der Waals surface area contributed by atoms with Crippen molar-refractivity contribution in [1.82, 2.24) is 19.7 Å². The fourth-order valence-electron chi connectivity index (χ4n) is 4.37. The van der Waals surface area contributed by atoms with Crippen molar-refractivity contribution in [2.24, 2.45) is 7.05 Å². The second kappa shape index (κ2) is 7.88. The predicted octanol–water partition coefficient (Wildman–Crippen LogP) is 4.67. The minimum absolute atomic E-state index is 0.399. The summed E-state index contributed by atoms with van der Waals surface area (Å²) in [4.78, 5) is 7.50.